The van der Waals surface area contributed by atoms with E-state index in [0.29, 0.717) is 19.1 Å². The van der Waals surface area contributed by atoms with Gasteiger partial charge in [0.25, 0.3) is 0 Å². The SMILES string of the molecule is CCOC(=O)N1CCC(CN2CCC3(CC2)CN(C(=O)OC2CCC2)Cc2ccccc23)CC1. The normalized spacial score (nSPS) is 23.3. The molecule has 0 aromatic heterocycles. The second-order valence-electron chi connectivity index (χ2n) is 10.7. The van der Waals surface area contributed by atoms with E-state index in [1.807, 2.05) is 16.7 Å². The van der Waals surface area contributed by atoms with Crippen LogP contribution in [0.4, 0.5) is 9.59 Å². The van der Waals surface area contributed by atoms with Crippen LogP contribution in [-0.4, -0.2) is 78.9 Å². The predicted octanol–water partition coefficient (Wildman–Crippen LogP) is 4.39. The number of carbonyl (C=O) groups excluding carboxylic acids is 2. The number of likely N-dealkylation sites (tertiary alicyclic amines) is 2. The Morgan fingerprint density at radius 1 is 0.971 bits per heavy atom. The van der Waals surface area contributed by atoms with Crippen molar-refractivity contribution in [3.05, 3.63) is 35.4 Å². The third-order valence-corrected chi connectivity index (χ3v) is 8.49. The number of hydrogen-bond donors (Lipinski definition) is 0. The van der Waals surface area contributed by atoms with Crippen LogP contribution >= 0.6 is 0 Å². The van der Waals surface area contributed by atoms with Gasteiger partial charge in [0.15, 0.2) is 0 Å². The van der Waals surface area contributed by atoms with Crippen molar-refractivity contribution in [2.24, 2.45) is 5.92 Å². The first kappa shape index (κ1) is 23.5. The zero-order chi connectivity index (χ0) is 23.5. The van der Waals surface area contributed by atoms with Crippen LogP contribution in [0.2, 0.25) is 0 Å². The molecule has 3 fully saturated rings. The van der Waals surface area contributed by atoms with E-state index in [1.165, 1.54) is 17.5 Å². The van der Waals surface area contributed by atoms with Gasteiger partial charge in [-0.15, -0.1) is 0 Å². The van der Waals surface area contributed by atoms with Gasteiger partial charge in [0.2, 0.25) is 0 Å². The topological polar surface area (TPSA) is 62.3 Å². The number of nitrogens with zero attached hydrogens (tertiary/aromatic N) is 3. The highest BCUT2D eigenvalue weighted by atomic mass is 16.6. The van der Waals surface area contributed by atoms with E-state index in [2.05, 4.69) is 29.2 Å². The van der Waals surface area contributed by atoms with Gasteiger partial charge in [0.1, 0.15) is 6.10 Å². The van der Waals surface area contributed by atoms with Gasteiger partial charge in [-0.2, -0.15) is 0 Å². The molecule has 0 N–H and O–H groups in total. The molecule has 34 heavy (non-hydrogen) atoms. The molecule has 1 aliphatic carbocycles. The fourth-order valence-corrected chi connectivity index (χ4v) is 6.19. The van der Waals surface area contributed by atoms with E-state index >= 15 is 0 Å². The summed E-state index contributed by atoms with van der Waals surface area (Å²) in [5, 5.41) is 0. The van der Waals surface area contributed by atoms with Gasteiger partial charge in [0.05, 0.1) is 6.61 Å². The quantitative estimate of drug-likeness (QED) is 0.654. The molecule has 0 bridgehead atoms. The Labute approximate surface area is 203 Å². The Balaban J connectivity index is 1.18. The number of hydrogen-bond acceptors (Lipinski definition) is 5. The molecule has 4 aliphatic rings. The molecule has 3 heterocycles. The standard InChI is InChI=1S/C27H39N3O4/c1-2-33-25(31)29-14-10-21(11-15-29)18-28-16-12-27(13-17-28)20-30(26(32)34-23-7-5-8-23)19-22-6-3-4-9-24(22)27/h3-4,6,9,21,23H,2,5,7-8,10-20H2,1H3. The molecule has 0 radical (unpaired) electrons. The van der Waals surface area contributed by atoms with E-state index < -0.39 is 0 Å². The predicted molar refractivity (Wildman–Crippen MR) is 130 cm³/mol. The summed E-state index contributed by atoms with van der Waals surface area (Å²) < 4.78 is 10.9. The maximum Gasteiger partial charge on any atom is 0.410 e. The molecular formula is C27H39N3O4. The maximum absolute atomic E-state index is 12.9. The number of benzene rings is 1. The van der Waals surface area contributed by atoms with E-state index in [-0.39, 0.29) is 23.7 Å². The van der Waals surface area contributed by atoms with Gasteiger partial charge in [0, 0.05) is 38.1 Å². The maximum atomic E-state index is 12.9. The average Bonchev–Trinajstić information content (AvgIpc) is 2.83. The van der Waals surface area contributed by atoms with Crippen LogP contribution in [0.25, 0.3) is 0 Å². The largest absolute Gasteiger partial charge is 0.450 e. The highest BCUT2D eigenvalue weighted by Crippen LogP contribution is 2.42. The van der Waals surface area contributed by atoms with Gasteiger partial charge in [-0.05, 0) is 82.0 Å². The Morgan fingerprint density at radius 3 is 2.38 bits per heavy atom. The van der Waals surface area contributed by atoms with Crippen LogP contribution in [0.15, 0.2) is 24.3 Å². The third-order valence-electron chi connectivity index (χ3n) is 8.49. The zero-order valence-corrected chi connectivity index (χ0v) is 20.5. The van der Waals surface area contributed by atoms with Crippen molar-refractivity contribution in [2.75, 3.05) is 45.9 Å². The van der Waals surface area contributed by atoms with Crippen LogP contribution in [0.1, 0.15) is 63.0 Å². The van der Waals surface area contributed by atoms with Crippen molar-refractivity contribution in [1.82, 2.24) is 14.7 Å². The van der Waals surface area contributed by atoms with Crippen molar-refractivity contribution >= 4 is 12.2 Å². The molecule has 1 saturated carbocycles. The summed E-state index contributed by atoms with van der Waals surface area (Å²) in [7, 11) is 0. The van der Waals surface area contributed by atoms with Crippen LogP contribution in [0.3, 0.4) is 0 Å². The molecule has 1 spiro atoms. The molecule has 0 unspecified atom stereocenters. The number of fused-ring (bicyclic) bond motifs is 2. The number of piperidine rings is 2. The van der Waals surface area contributed by atoms with E-state index in [4.69, 9.17) is 9.47 Å². The highest BCUT2D eigenvalue weighted by Gasteiger charge is 2.44. The van der Waals surface area contributed by atoms with Crippen LogP contribution in [-0.2, 0) is 21.4 Å². The summed E-state index contributed by atoms with van der Waals surface area (Å²) in [6.07, 6.45) is 7.24. The van der Waals surface area contributed by atoms with Gasteiger partial charge in [-0.25, -0.2) is 9.59 Å². The minimum absolute atomic E-state index is 0.0251. The summed E-state index contributed by atoms with van der Waals surface area (Å²) in [5.41, 5.74) is 2.74. The summed E-state index contributed by atoms with van der Waals surface area (Å²) in [5.74, 6) is 0.632. The van der Waals surface area contributed by atoms with Gasteiger partial charge < -0.3 is 24.2 Å². The minimum atomic E-state index is -0.169. The molecule has 2 amide bonds. The van der Waals surface area contributed by atoms with Crippen molar-refractivity contribution < 1.29 is 19.1 Å². The summed E-state index contributed by atoms with van der Waals surface area (Å²) in [6.45, 7) is 8.52. The number of ether oxygens (including phenoxy) is 2. The lowest BCUT2D eigenvalue weighted by Gasteiger charge is -2.49. The van der Waals surface area contributed by atoms with Crippen molar-refractivity contribution in [1.29, 1.82) is 0 Å². The fourth-order valence-electron chi connectivity index (χ4n) is 6.19. The minimum Gasteiger partial charge on any atom is -0.450 e. The molecule has 7 nitrogen and oxygen atoms in total. The second kappa shape index (κ2) is 10.1. The fraction of sp³-hybridized carbons (Fsp3) is 0.704. The van der Waals surface area contributed by atoms with Crippen molar-refractivity contribution in [2.45, 2.75) is 69.9 Å². The molecule has 0 atom stereocenters. The van der Waals surface area contributed by atoms with Crippen molar-refractivity contribution in [3.8, 4) is 0 Å². The molecular weight excluding hydrogens is 430 g/mol. The number of carbonyl (C=O) groups is 2. The van der Waals surface area contributed by atoms with E-state index in [1.54, 1.807) is 0 Å². The van der Waals surface area contributed by atoms with Crippen LogP contribution < -0.4 is 0 Å². The molecule has 5 rings (SSSR count). The van der Waals surface area contributed by atoms with Gasteiger partial charge in [-0.1, -0.05) is 24.3 Å². The Hall–Kier alpha value is -2.28. The molecule has 186 valence electrons. The molecule has 1 aromatic carbocycles. The summed E-state index contributed by atoms with van der Waals surface area (Å²) in [6, 6.07) is 8.70. The molecule has 2 saturated heterocycles. The highest BCUT2D eigenvalue weighted by molar-refractivity contribution is 5.69. The van der Waals surface area contributed by atoms with E-state index in [9.17, 15) is 9.59 Å². The zero-order valence-electron chi connectivity index (χ0n) is 20.5. The smallest absolute Gasteiger partial charge is 0.410 e. The molecule has 1 aromatic rings. The first-order chi connectivity index (χ1) is 16.6. The number of amides is 2. The van der Waals surface area contributed by atoms with Gasteiger partial charge >= 0.3 is 12.2 Å². The first-order valence-corrected chi connectivity index (χ1v) is 13.2. The number of rotatable bonds is 4. The van der Waals surface area contributed by atoms with E-state index in [0.717, 1.165) is 77.8 Å². The molecule has 3 aliphatic heterocycles. The van der Waals surface area contributed by atoms with Gasteiger partial charge in [-0.3, -0.25) is 0 Å². The van der Waals surface area contributed by atoms with Crippen LogP contribution in [0.5, 0.6) is 0 Å². The van der Waals surface area contributed by atoms with Crippen molar-refractivity contribution in [3.63, 3.8) is 0 Å². The Morgan fingerprint density at radius 2 is 1.71 bits per heavy atom. The lowest BCUT2D eigenvalue weighted by molar-refractivity contribution is 0.0120. The average molecular weight is 470 g/mol. The monoisotopic (exact) mass is 469 g/mol. The Kier molecular flexibility index (Phi) is 7.00. The summed E-state index contributed by atoms with van der Waals surface area (Å²) in [4.78, 5) is 31.3. The first-order valence-electron chi connectivity index (χ1n) is 13.2. The molecule has 7 heteroatoms. The lowest BCUT2D eigenvalue weighted by atomic mass is 9.69. The summed E-state index contributed by atoms with van der Waals surface area (Å²) >= 11 is 0. The second-order valence-corrected chi connectivity index (χ2v) is 10.7. The van der Waals surface area contributed by atoms with Crippen LogP contribution in [0, 0.1) is 5.92 Å². The lowest BCUT2D eigenvalue weighted by Crippen LogP contribution is -2.54. The Bertz CT molecular complexity index is 870. The third kappa shape index (κ3) is 4.90.